The van der Waals surface area contributed by atoms with E-state index in [4.69, 9.17) is 9.84 Å². The zero-order chi connectivity index (χ0) is 21.0. The second-order valence-electron chi connectivity index (χ2n) is 7.55. The SMILES string of the molecule is C[C@@H](CCNC(=O)[C@H]1O[C@@H]1C(=O)O)CC(=O)N1CCN(c2ccc(F)cc2)CC1. The van der Waals surface area contributed by atoms with Gasteiger partial charge in [-0.05, 0) is 36.6 Å². The highest BCUT2D eigenvalue weighted by molar-refractivity contribution is 5.92. The molecule has 2 N–H and O–H groups in total. The quantitative estimate of drug-likeness (QED) is 0.620. The smallest absolute Gasteiger partial charge is 0.336 e. The van der Waals surface area contributed by atoms with Gasteiger partial charge in [0, 0.05) is 44.8 Å². The van der Waals surface area contributed by atoms with Crippen molar-refractivity contribution >= 4 is 23.5 Å². The van der Waals surface area contributed by atoms with E-state index in [-0.39, 0.29) is 17.6 Å². The highest BCUT2D eigenvalue weighted by Crippen LogP contribution is 2.22. The molecule has 8 nitrogen and oxygen atoms in total. The standard InChI is InChI=1S/C20H26FN3O5/c1-13(6-7-22-19(26)17-18(29-17)20(27)28)12-16(25)24-10-8-23(9-11-24)15-4-2-14(21)3-5-15/h2-5,13,17-18H,6-12H2,1H3,(H,22,26)(H,27,28)/t13-,17-,18-/m0/s1. The molecule has 0 bridgehead atoms. The summed E-state index contributed by atoms with van der Waals surface area (Å²) in [6.45, 7) is 4.97. The fraction of sp³-hybridized carbons (Fsp3) is 0.550. The number of hydrogen-bond acceptors (Lipinski definition) is 5. The zero-order valence-corrected chi connectivity index (χ0v) is 16.3. The number of amides is 2. The maximum absolute atomic E-state index is 13.0. The number of carboxylic acids is 1. The highest BCUT2D eigenvalue weighted by atomic mass is 19.1. The van der Waals surface area contributed by atoms with E-state index >= 15 is 0 Å². The van der Waals surface area contributed by atoms with Crippen LogP contribution >= 0.6 is 0 Å². The van der Waals surface area contributed by atoms with Crippen LogP contribution in [0.15, 0.2) is 24.3 Å². The van der Waals surface area contributed by atoms with E-state index in [2.05, 4.69) is 10.2 Å². The summed E-state index contributed by atoms with van der Waals surface area (Å²) in [6.07, 6.45) is -0.925. The van der Waals surface area contributed by atoms with Crippen molar-refractivity contribution in [3.8, 4) is 0 Å². The van der Waals surface area contributed by atoms with Gasteiger partial charge in [0.05, 0.1) is 0 Å². The van der Waals surface area contributed by atoms with E-state index in [1.807, 2.05) is 11.8 Å². The predicted molar refractivity (Wildman–Crippen MR) is 103 cm³/mol. The summed E-state index contributed by atoms with van der Waals surface area (Å²) in [5, 5.41) is 11.4. The van der Waals surface area contributed by atoms with E-state index in [9.17, 15) is 18.8 Å². The zero-order valence-electron chi connectivity index (χ0n) is 16.3. The third kappa shape index (κ3) is 5.66. The fourth-order valence-corrected chi connectivity index (χ4v) is 3.44. The number of rotatable bonds is 8. The summed E-state index contributed by atoms with van der Waals surface area (Å²) in [6, 6.07) is 6.36. The summed E-state index contributed by atoms with van der Waals surface area (Å²) in [5.74, 6) is -1.65. The Morgan fingerprint density at radius 1 is 1.17 bits per heavy atom. The Hall–Kier alpha value is -2.68. The third-order valence-corrected chi connectivity index (χ3v) is 5.28. The van der Waals surface area contributed by atoms with Gasteiger partial charge in [-0.1, -0.05) is 6.92 Å². The first-order chi connectivity index (χ1) is 13.8. The van der Waals surface area contributed by atoms with Crippen LogP contribution < -0.4 is 10.2 Å². The molecule has 158 valence electrons. The van der Waals surface area contributed by atoms with Crippen LogP contribution in [-0.2, 0) is 19.1 Å². The molecule has 2 saturated heterocycles. The fourth-order valence-electron chi connectivity index (χ4n) is 3.44. The molecule has 2 aliphatic rings. The van der Waals surface area contributed by atoms with E-state index in [0.717, 1.165) is 5.69 Å². The van der Waals surface area contributed by atoms with Crippen molar-refractivity contribution in [2.45, 2.75) is 32.0 Å². The third-order valence-electron chi connectivity index (χ3n) is 5.28. The lowest BCUT2D eigenvalue weighted by Crippen LogP contribution is -2.49. The van der Waals surface area contributed by atoms with Crippen LogP contribution in [0.3, 0.4) is 0 Å². The second kappa shape index (κ2) is 9.21. The Morgan fingerprint density at radius 2 is 1.83 bits per heavy atom. The molecular weight excluding hydrogens is 381 g/mol. The molecule has 2 fully saturated rings. The molecule has 0 radical (unpaired) electrons. The van der Waals surface area contributed by atoms with E-state index in [0.29, 0.717) is 45.6 Å². The number of nitrogens with zero attached hydrogens (tertiary/aromatic N) is 2. The van der Waals surface area contributed by atoms with Crippen LogP contribution in [0, 0.1) is 11.7 Å². The molecular formula is C20H26FN3O5. The first-order valence-electron chi connectivity index (χ1n) is 9.79. The van der Waals surface area contributed by atoms with Crippen LogP contribution in [0.2, 0.25) is 0 Å². The molecule has 3 rings (SSSR count). The number of halogens is 1. The monoisotopic (exact) mass is 407 g/mol. The summed E-state index contributed by atoms with van der Waals surface area (Å²) < 4.78 is 17.8. The molecule has 9 heteroatoms. The number of piperazine rings is 1. The molecule has 0 saturated carbocycles. The van der Waals surface area contributed by atoms with Crippen molar-refractivity contribution in [3.63, 3.8) is 0 Å². The van der Waals surface area contributed by atoms with Gasteiger partial charge in [0.15, 0.2) is 12.2 Å². The van der Waals surface area contributed by atoms with Crippen molar-refractivity contribution in [1.82, 2.24) is 10.2 Å². The molecule has 3 atom stereocenters. The summed E-state index contributed by atoms with van der Waals surface area (Å²) in [5.41, 5.74) is 0.951. The van der Waals surface area contributed by atoms with Crippen molar-refractivity contribution in [2.24, 2.45) is 5.92 Å². The first kappa shape index (κ1) is 21.0. The number of epoxide rings is 1. The molecule has 0 aromatic heterocycles. The number of nitrogens with one attached hydrogen (secondary N) is 1. The molecule has 1 aromatic carbocycles. The largest absolute Gasteiger partial charge is 0.479 e. The molecule has 0 aliphatic carbocycles. The molecule has 2 heterocycles. The average Bonchev–Trinajstić information content (AvgIpc) is 3.50. The van der Waals surface area contributed by atoms with Crippen molar-refractivity contribution in [1.29, 1.82) is 0 Å². The van der Waals surface area contributed by atoms with E-state index in [1.165, 1.54) is 12.1 Å². The number of carboxylic acid groups (broad SMARTS) is 1. The maximum Gasteiger partial charge on any atom is 0.336 e. The van der Waals surface area contributed by atoms with Gasteiger partial charge in [-0.3, -0.25) is 9.59 Å². The number of carbonyl (C=O) groups excluding carboxylic acids is 2. The Balaban J connectivity index is 1.33. The van der Waals surface area contributed by atoms with E-state index in [1.54, 1.807) is 12.1 Å². The van der Waals surface area contributed by atoms with Crippen molar-refractivity contribution < 1.29 is 28.6 Å². The minimum absolute atomic E-state index is 0.0825. The number of carbonyl (C=O) groups is 3. The number of benzene rings is 1. The molecule has 2 aliphatic heterocycles. The van der Waals surface area contributed by atoms with Crippen LogP contribution in [-0.4, -0.2) is 72.7 Å². The van der Waals surface area contributed by atoms with E-state index < -0.39 is 24.1 Å². The van der Waals surface area contributed by atoms with Crippen molar-refractivity contribution in [3.05, 3.63) is 30.1 Å². The Kier molecular flexibility index (Phi) is 6.68. The van der Waals surface area contributed by atoms with Gasteiger partial charge in [-0.15, -0.1) is 0 Å². The Bertz CT molecular complexity index is 749. The van der Waals surface area contributed by atoms with Crippen molar-refractivity contribution in [2.75, 3.05) is 37.6 Å². The number of hydrogen-bond donors (Lipinski definition) is 2. The number of ether oxygens (including phenoxy) is 1. The highest BCUT2D eigenvalue weighted by Gasteiger charge is 2.50. The molecule has 29 heavy (non-hydrogen) atoms. The van der Waals surface area contributed by atoms with Gasteiger partial charge in [-0.2, -0.15) is 0 Å². The summed E-state index contributed by atoms with van der Waals surface area (Å²) in [7, 11) is 0. The summed E-state index contributed by atoms with van der Waals surface area (Å²) >= 11 is 0. The molecule has 2 amide bonds. The van der Waals surface area contributed by atoms with Gasteiger partial charge in [-0.25, -0.2) is 9.18 Å². The minimum atomic E-state index is -1.14. The lowest BCUT2D eigenvalue weighted by Gasteiger charge is -2.36. The molecule has 1 aromatic rings. The lowest BCUT2D eigenvalue weighted by molar-refractivity contribution is -0.138. The van der Waals surface area contributed by atoms with Gasteiger partial charge in [0.25, 0.3) is 5.91 Å². The maximum atomic E-state index is 13.0. The first-order valence-corrected chi connectivity index (χ1v) is 9.79. The van der Waals surface area contributed by atoms with Gasteiger partial charge in [0.1, 0.15) is 5.82 Å². The average molecular weight is 407 g/mol. The lowest BCUT2D eigenvalue weighted by atomic mass is 10.0. The van der Waals surface area contributed by atoms with Gasteiger partial charge < -0.3 is 25.0 Å². The summed E-state index contributed by atoms with van der Waals surface area (Å²) in [4.78, 5) is 38.9. The topological polar surface area (TPSA) is 102 Å². The predicted octanol–water partition coefficient (Wildman–Crippen LogP) is 0.859. The van der Waals surface area contributed by atoms with Gasteiger partial charge >= 0.3 is 5.97 Å². The van der Waals surface area contributed by atoms with Crippen LogP contribution in [0.25, 0.3) is 0 Å². The molecule has 0 unspecified atom stereocenters. The van der Waals surface area contributed by atoms with Gasteiger partial charge in [0.2, 0.25) is 5.91 Å². The number of anilines is 1. The Labute approximate surface area is 168 Å². The molecule has 0 spiro atoms. The minimum Gasteiger partial charge on any atom is -0.479 e. The van der Waals surface area contributed by atoms with Crippen LogP contribution in [0.1, 0.15) is 19.8 Å². The number of aliphatic carboxylic acids is 1. The van der Waals surface area contributed by atoms with Crippen LogP contribution in [0.4, 0.5) is 10.1 Å². The normalized spacial score (nSPS) is 22.1. The van der Waals surface area contributed by atoms with Crippen LogP contribution in [0.5, 0.6) is 0 Å². The second-order valence-corrected chi connectivity index (χ2v) is 7.55. The Morgan fingerprint density at radius 3 is 2.41 bits per heavy atom.